The lowest BCUT2D eigenvalue weighted by atomic mass is 9.94. The second-order valence-electron chi connectivity index (χ2n) is 34.0. The monoisotopic (exact) mass is 1690 g/mol. The van der Waals surface area contributed by atoms with Crippen molar-refractivity contribution in [2.24, 2.45) is 0 Å². The molecule has 7 heterocycles. The van der Waals surface area contributed by atoms with Crippen LogP contribution in [-0.2, 0) is 6.42 Å². The Bertz CT molecular complexity index is 4540. The molecule has 7 aliphatic rings. The second-order valence-corrected chi connectivity index (χ2v) is 34.0. The van der Waals surface area contributed by atoms with Crippen molar-refractivity contribution in [2.75, 3.05) is 211 Å². The van der Waals surface area contributed by atoms with Crippen LogP contribution >= 0.6 is 0 Å². The summed E-state index contributed by atoms with van der Waals surface area (Å²) in [5.41, 5.74) is 14.7. The smallest absolute Gasteiger partial charge is 0.253 e. The number of nitrogens with zero attached hydrogens (tertiary/aromatic N) is 14. The number of aryl methyl sites for hydroxylation is 7. The number of benzene rings is 7. The summed E-state index contributed by atoms with van der Waals surface area (Å²) in [6.45, 7) is 43.8. The SMILES string of the molecule is CCN1CCN(C(=O)c2ccc(C)cc2)CC1.CCN1CCN(C(=O)c2cccc(C)c2)CC1.Cc1ccc(C(=O)N(C)CCc2ccccn2)cc1.Cc1ccc(C(=O)N2CCN(C)CC2)cc1.Cc1ccc(C(=O)N2CCN(C3CCCCC3)CC2)cc1.Cc1ccc(C(=O)N2CCN(CCO)CC2)cc1.Cc1cccc(C(=O)N2CCN(C)CC2)c1. The molecule has 6 aliphatic heterocycles. The van der Waals surface area contributed by atoms with Crippen molar-refractivity contribution < 1.29 is 38.7 Å². The highest BCUT2D eigenvalue weighted by Crippen LogP contribution is 2.25. The summed E-state index contributed by atoms with van der Waals surface area (Å²) in [4.78, 5) is 117. The molecule has 1 aromatic heterocycles. The van der Waals surface area contributed by atoms with E-state index in [2.05, 4.69) is 69.2 Å². The number of hydrogen-bond donors (Lipinski definition) is 1. The number of amides is 7. The second kappa shape index (κ2) is 51.2. The van der Waals surface area contributed by atoms with E-state index < -0.39 is 0 Å². The first kappa shape index (κ1) is 97.5. The highest BCUT2D eigenvalue weighted by molar-refractivity contribution is 5.98. The summed E-state index contributed by atoms with van der Waals surface area (Å²) >= 11 is 0. The highest BCUT2D eigenvalue weighted by atomic mass is 16.3. The predicted molar refractivity (Wildman–Crippen MR) is 500 cm³/mol. The number of aromatic nitrogens is 1. The number of aliphatic hydroxyl groups is 1. The molecule has 7 fully saturated rings. The number of pyridine rings is 1. The number of β-amino-alcohol motifs (C(OH)–C–C–N with tert-alkyl or cyclic N) is 1. The Hall–Kier alpha value is -10.3. The Labute approximate surface area is 740 Å². The largest absolute Gasteiger partial charge is 0.395 e. The van der Waals surface area contributed by atoms with Crippen molar-refractivity contribution in [3.8, 4) is 0 Å². The first-order valence-electron chi connectivity index (χ1n) is 45.1. The van der Waals surface area contributed by atoms with Gasteiger partial charge in [-0.1, -0.05) is 163 Å². The Morgan fingerprint density at radius 1 is 0.339 bits per heavy atom. The average Bonchev–Trinajstić information content (AvgIpc) is 0.816. The summed E-state index contributed by atoms with van der Waals surface area (Å²) in [6, 6.07) is 61.2. The normalized spacial score (nSPS) is 16.9. The van der Waals surface area contributed by atoms with Gasteiger partial charge < -0.3 is 59.0 Å². The number of likely N-dealkylation sites (N-methyl/N-ethyl adjacent to an activating group) is 5. The molecular weight excluding hydrogens is 1550 g/mol. The van der Waals surface area contributed by atoms with E-state index in [0.717, 1.165) is 244 Å². The van der Waals surface area contributed by atoms with Gasteiger partial charge in [0.1, 0.15) is 0 Å². The molecule has 15 rings (SSSR count). The minimum Gasteiger partial charge on any atom is -0.395 e. The van der Waals surface area contributed by atoms with Crippen molar-refractivity contribution >= 4 is 41.4 Å². The molecule has 22 nitrogen and oxygen atoms in total. The van der Waals surface area contributed by atoms with Crippen LogP contribution in [0.5, 0.6) is 0 Å². The summed E-state index contributed by atoms with van der Waals surface area (Å²) < 4.78 is 0. The number of rotatable bonds is 15. The van der Waals surface area contributed by atoms with Crippen molar-refractivity contribution in [1.82, 2.24) is 68.7 Å². The third-order valence-corrected chi connectivity index (χ3v) is 24.4. The first-order chi connectivity index (χ1) is 59.8. The molecule has 1 aliphatic carbocycles. The van der Waals surface area contributed by atoms with Gasteiger partial charge in [0.2, 0.25) is 0 Å². The summed E-state index contributed by atoms with van der Waals surface area (Å²) in [6.07, 6.45) is 9.42. The van der Waals surface area contributed by atoms with Crippen LogP contribution in [0.3, 0.4) is 0 Å². The Balaban J connectivity index is 0.000000164. The van der Waals surface area contributed by atoms with E-state index in [-0.39, 0.29) is 48.0 Å². The Kier molecular flexibility index (Phi) is 40.3. The van der Waals surface area contributed by atoms with E-state index in [1.165, 1.54) is 54.4 Å². The van der Waals surface area contributed by atoms with E-state index in [4.69, 9.17) is 5.11 Å². The molecule has 8 aromatic rings. The fraction of sp³-hybridized carbons (Fsp3) is 0.471. The third-order valence-electron chi connectivity index (χ3n) is 24.4. The van der Waals surface area contributed by atoms with E-state index in [1.54, 1.807) is 11.1 Å². The quantitative estimate of drug-likeness (QED) is 0.102. The van der Waals surface area contributed by atoms with Gasteiger partial charge >= 0.3 is 0 Å². The first-order valence-corrected chi connectivity index (χ1v) is 45.1. The van der Waals surface area contributed by atoms with Gasteiger partial charge in [-0.15, -0.1) is 0 Å². The summed E-state index contributed by atoms with van der Waals surface area (Å²) in [5.74, 6) is 1.02. The lowest BCUT2D eigenvalue weighted by Crippen LogP contribution is -2.52. The summed E-state index contributed by atoms with van der Waals surface area (Å²) in [7, 11) is 6.01. The van der Waals surface area contributed by atoms with E-state index in [9.17, 15) is 33.6 Å². The maximum absolute atomic E-state index is 12.5. The van der Waals surface area contributed by atoms with Crippen LogP contribution in [-0.4, -0.2) is 332 Å². The number of aliphatic hydroxyl groups excluding tert-OH is 1. The minimum atomic E-state index is 0.0518. The van der Waals surface area contributed by atoms with Gasteiger partial charge in [0.05, 0.1) is 6.61 Å². The zero-order valence-electron chi connectivity index (χ0n) is 76.4. The molecule has 0 bridgehead atoms. The zero-order chi connectivity index (χ0) is 88.9. The number of hydrogen-bond acceptors (Lipinski definition) is 15. The van der Waals surface area contributed by atoms with Crippen molar-refractivity contribution in [3.05, 3.63) is 278 Å². The maximum atomic E-state index is 12.5. The molecule has 0 spiro atoms. The molecule has 666 valence electrons. The Morgan fingerprint density at radius 2 is 0.645 bits per heavy atom. The molecule has 0 radical (unpaired) electrons. The van der Waals surface area contributed by atoms with Gasteiger partial charge in [-0.3, -0.25) is 48.3 Å². The molecule has 1 N–H and O–H groups in total. The molecule has 7 aromatic carbocycles. The number of carbonyl (C=O) groups excluding carboxylic acids is 7. The van der Waals surface area contributed by atoms with Gasteiger partial charge in [0.15, 0.2) is 0 Å². The minimum absolute atomic E-state index is 0.0518. The van der Waals surface area contributed by atoms with Gasteiger partial charge in [-0.25, -0.2) is 0 Å². The molecule has 6 saturated heterocycles. The lowest BCUT2D eigenvalue weighted by molar-refractivity contribution is 0.0522. The van der Waals surface area contributed by atoms with Crippen LogP contribution in [0.1, 0.15) is 163 Å². The summed E-state index contributed by atoms with van der Waals surface area (Å²) in [5, 5.41) is 8.88. The topological polar surface area (TPSA) is 195 Å². The van der Waals surface area contributed by atoms with Crippen LogP contribution in [0.25, 0.3) is 0 Å². The van der Waals surface area contributed by atoms with Crippen LogP contribution < -0.4 is 0 Å². The molecule has 7 amide bonds. The lowest BCUT2D eigenvalue weighted by Gasteiger charge is -2.40. The van der Waals surface area contributed by atoms with Gasteiger partial charge in [0, 0.05) is 241 Å². The van der Waals surface area contributed by atoms with Crippen LogP contribution in [0.15, 0.2) is 194 Å². The molecule has 1 saturated carbocycles. The zero-order valence-corrected chi connectivity index (χ0v) is 76.4. The molecule has 22 heteroatoms. The maximum Gasteiger partial charge on any atom is 0.253 e. The van der Waals surface area contributed by atoms with E-state index in [0.29, 0.717) is 13.1 Å². The van der Waals surface area contributed by atoms with Crippen LogP contribution in [0.2, 0.25) is 0 Å². The molecule has 0 atom stereocenters. The van der Waals surface area contributed by atoms with Gasteiger partial charge in [-0.05, 0) is 186 Å². The molecule has 0 unspecified atom stereocenters. The average molecular weight is 1690 g/mol. The third kappa shape index (κ3) is 31.7. The highest BCUT2D eigenvalue weighted by Gasteiger charge is 2.30. The molecular formula is C102H140N14O8. The fourth-order valence-electron chi connectivity index (χ4n) is 15.9. The van der Waals surface area contributed by atoms with Gasteiger partial charge in [-0.2, -0.15) is 0 Å². The number of piperazine rings is 6. The van der Waals surface area contributed by atoms with E-state index >= 15 is 0 Å². The molecule has 124 heavy (non-hydrogen) atoms. The number of carbonyl (C=O) groups is 7. The van der Waals surface area contributed by atoms with Crippen molar-refractivity contribution in [3.63, 3.8) is 0 Å². The predicted octanol–water partition coefficient (Wildman–Crippen LogP) is 12.8. The fourth-order valence-corrected chi connectivity index (χ4v) is 15.9. The standard InChI is InChI=1S/C18H26N2O.C16H18N2O.C14H20N2O2.2C14H20N2O.2C13H18N2O/c1-15-7-9-16(10-8-15)18(21)20-13-11-19(12-14-20)17-5-3-2-4-6-17;1-13-6-8-14(9-7-13)16(19)18(2)12-10-15-5-3-4-11-17-15;1-12-2-4-13(5-3-12)14(18)16-8-6-15(7-9-16)10-11-17;1-3-15-8-10-16(11-9-15)14(17)13-6-4-12(2)5-7-13;1-3-15-7-9-16(10-8-15)14(17)13-6-4-5-12(2)11-13;1-11-3-5-12(6-4-11)13(16)15-9-7-14(2)8-10-15;1-11-4-3-5-12(10-11)13(16)15-8-6-14(2)7-9-15/h7-10,17H,2-6,11-14H2,1H3;3-9,11H,10,12H2,1-2H3;2-5,17H,6-11H2,1H3;4-7H,3,8-11H2,1-2H3;4-6,11H,3,7-10H2,1-2H3;3-6H,7-10H2,1-2H3;3-5,10H,6-9H2,1-2H3. The van der Waals surface area contributed by atoms with Crippen molar-refractivity contribution in [2.45, 2.75) is 107 Å². The van der Waals surface area contributed by atoms with E-state index in [1.807, 2.05) is 266 Å². The van der Waals surface area contributed by atoms with Crippen LogP contribution in [0, 0.1) is 48.5 Å². The van der Waals surface area contributed by atoms with Gasteiger partial charge in [0.25, 0.3) is 41.4 Å². The Morgan fingerprint density at radius 3 is 0.952 bits per heavy atom. The van der Waals surface area contributed by atoms with Crippen molar-refractivity contribution in [1.29, 1.82) is 0 Å². The van der Waals surface area contributed by atoms with Crippen LogP contribution in [0.4, 0.5) is 0 Å².